The Labute approximate surface area is 98.2 Å². The Bertz CT molecular complexity index is 439. The summed E-state index contributed by atoms with van der Waals surface area (Å²) >= 11 is 1.50. The van der Waals surface area contributed by atoms with Crippen molar-refractivity contribution >= 4 is 17.2 Å². The number of rotatable bonds is 4. The Balaban J connectivity index is 1.80. The molecule has 0 fully saturated rings. The number of nitrogens with one attached hydrogen (secondary N) is 1. The van der Waals surface area contributed by atoms with Crippen molar-refractivity contribution in [3.8, 4) is 0 Å². The third kappa shape index (κ3) is 3.17. The van der Waals surface area contributed by atoms with Crippen molar-refractivity contribution in [3.63, 3.8) is 0 Å². The monoisotopic (exact) mass is 232 g/mol. The molecule has 0 aliphatic heterocycles. The Morgan fingerprint density at radius 2 is 2.12 bits per heavy atom. The summed E-state index contributed by atoms with van der Waals surface area (Å²) in [7, 11) is 0. The van der Waals surface area contributed by atoms with Gasteiger partial charge < -0.3 is 5.32 Å². The first-order chi connectivity index (χ1) is 7.84. The molecule has 16 heavy (non-hydrogen) atoms. The first kappa shape index (κ1) is 10.8. The van der Waals surface area contributed by atoms with Crippen LogP contribution in [0.5, 0.6) is 0 Å². The maximum absolute atomic E-state index is 11.5. The van der Waals surface area contributed by atoms with Gasteiger partial charge in [-0.2, -0.15) is 0 Å². The van der Waals surface area contributed by atoms with Crippen molar-refractivity contribution in [1.29, 1.82) is 0 Å². The predicted octanol–water partition coefficient (Wildman–Crippen LogP) is 2.00. The summed E-state index contributed by atoms with van der Waals surface area (Å²) in [5.41, 5.74) is 3.67. The quantitative estimate of drug-likeness (QED) is 0.876. The van der Waals surface area contributed by atoms with Crippen LogP contribution in [-0.2, 0) is 17.8 Å². The van der Waals surface area contributed by atoms with Crippen LogP contribution in [-0.4, -0.2) is 10.9 Å². The second-order valence-electron chi connectivity index (χ2n) is 3.42. The number of thiazole rings is 1. The van der Waals surface area contributed by atoms with Gasteiger partial charge in [-0.3, -0.25) is 4.79 Å². The molecule has 0 radical (unpaired) electrons. The minimum Gasteiger partial charge on any atom is -0.352 e. The lowest BCUT2D eigenvalue weighted by molar-refractivity contribution is -0.120. The average Bonchev–Trinajstić information content (AvgIpc) is 2.81. The first-order valence-electron chi connectivity index (χ1n) is 5.02. The zero-order chi connectivity index (χ0) is 11.2. The summed E-state index contributed by atoms with van der Waals surface area (Å²) in [6, 6.07) is 9.86. The molecule has 1 N–H and O–H groups in total. The molecule has 1 heterocycles. The number of carbonyl (C=O) groups is 1. The number of nitrogens with zero attached hydrogens (tertiary/aromatic N) is 1. The highest BCUT2D eigenvalue weighted by Gasteiger charge is 2.04. The van der Waals surface area contributed by atoms with E-state index in [0.717, 1.165) is 11.3 Å². The second kappa shape index (κ2) is 5.42. The van der Waals surface area contributed by atoms with Crippen LogP contribution in [0.4, 0.5) is 0 Å². The highest BCUT2D eigenvalue weighted by Crippen LogP contribution is 2.02. The summed E-state index contributed by atoms with van der Waals surface area (Å²) in [5.74, 6) is 0.00903. The molecule has 0 unspecified atom stereocenters. The molecule has 0 atom stereocenters. The van der Waals surface area contributed by atoms with E-state index in [0.29, 0.717) is 13.0 Å². The number of hydrogen-bond donors (Lipinski definition) is 1. The number of aromatic nitrogens is 1. The molecule has 0 spiro atoms. The largest absolute Gasteiger partial charge is 0.352 e. The third-order valence-electron chi connectivity index (χ3n) is 2.16. The third-order valence-corrected chi connectivity index (χ3v) is 2.79. The van der Waals surface area contributed by atoms with E-state index >= 15 is 0 Å². The summed E-state index contributed by atoms with van der Waals surface area (Å²) in [5, 5.41) is 4.75. The van der Waals surface area contributed by atoms with Gasteiger partial charge in [0, 0.05) is 11.9 Å². The van der Waals surface area contributed by atoms with E-state index in [9.17, 15) is 4.79 Å². The summed E-state index contributed by atoms with van der Waals surface area (Å²) < 4.78 is 0. The molecule has 0 aliphatic carbocycles. The normalized spacial score (nSPS) is 10.0. The molecule has 1 aromatic carbocycles. The molecular formula is C12H12N2OS. The maximum atomic E-state index is 11.5. The summed E-state index contributed by atoms with van der Waals surface area (Å²) in [6.45, 7) is 0.573. The molecule has 0 saturated heterocycles. The zero-order valence-corrected chi connectivity index (χ0v) is 9.54. The van der Waals surface area contributed by atoms with Gasteiger partial charge >= 0.3 is 0 Å². The zero-order valence-electron chi connectivity index (χ0n) is 8.72. The van der Waals surface area contributed by atoms with E-state index in [-0.39, 0.29) is 5.91 Å². The molecule has 0 bridgehead atoms. The van der Waals surface area contributed by atoms with Gasteiger partial charge in [-0.25, -0.2) is 4.98 Å². The van der Waals surface area contributed by atoms with Crippen molar-refractivity contribution in [2.75, 3.05) is 0 Å². The van der Waals surface area contributed by atoms with E-state index in [2.05, 4.69) is 10.3 Å². The number of hydrogen-bond acceptors (Lipinski definition) is 3. The summed E-state index contributed by atoms with van der Waals surface area (Å²) in [4.78, 5) is 15.6. The summed E-state index contributed by atoms with van der Waals surface area (Å²) in [6.07, 6.45) is 0.357. The molecule has 3 nitrogen and oxygen atoms in total. The molecule has 1 aromatic heterocycles. The Kier molecular flexibility index (Phi) is 3.66. The van der Waals surface area contributed by atoms with Crippen LogP contribution in [0, 0.1) is 0 Å². The van der Waals surface area contributed by atoms with E-state index in [1.165, 1.54) is 11.3 Å². The lowest BCUT2D eigenvalue weighted by atomic mass is 10.2. The molecule has 2 aromatic rings. The van der Waals surface area contributed by atoms with Crippen LogP contribution in [0.2, 0.25) is 0 Å². The van der Waals surface area contributed by atoms with Crippen LogP contribution in [0.25, 0.3) is 0 Å². The van der Waals surface area contributed by atoms with Crippen molar-refractivity contribution in [2.45, 2.75) is 13.0 Å². The molecule has 1 amide bonds. The van der Waals surface area contributed by atoms with Crippen molar-refractivity contribution in [3.05, 3.63) is 52.5 Å². The van der Waals surface area contributed by atoms with Gasteiger partial charge in [0.15, 0.2) is 0 Å². The predicted molar refractivity (Wildman–Crippen MR) is 64.1 cm³/mol. The van der Waals surface area contributed by atoms with E-state index in [1.54, 1.807) is 5.51 Å². The highest BCUT2D eigenvalue weighted by atomic mass is 32.1. The number of amides is 1. The minimum absolute atomic E-state index is 0.00903. The fraction of sp³-hybridized carbons (Fsp3) is 0.167. The standard InChI is InChI=1S/C12H12N2OS/c15-12(6-11-8-16-9-14-11)13-7-10-4-2-1-3-5-10/h1-5,8-9H,6-7H2,(H,13,15). The fourth-order valence-electron chi connectivity index (χ4n) is 1.35. The van der Waals surface area contributed by atoms with Crippen molar-refractivity contribution in [1.82, 2.24) is 10.3 Å². The molecule has 0 saturated carbocycles. The molecule has 0 aliphatic rings. The van der Waals surface area contributed by atoms with Gasteiger partial charge in [0.05, 0.1) is 17.6 Å². The van der Waals surface area contributed by atoms with Crippen molar-refractivity contribution in [2.24, 2.45) is 0 Å². The van der Waals surface area contributed by atoms with Gasteiger partial charge in [-0.1, -0.05) is 30.3 Å². The topological polar surface area (TPSA) is 42.0 Å². The van der Waals surface area contributed by atoms with Crippen molar-refractivity contribution < 1.29 is 4.79 Å². The van der Waals surface area contributed by atoms with Gasteiger partial charge in [0.25, 0.3) is 0 Å². The minimum atomic E-state index is 0.00903. The van der Waals surface area contributed by atoms with Crippen LogP contribution < -0.4 is 5.32 Å². The average molecular weight is 232 g/mol. The SMILES string of the molecule is O=C(Cc1cscn1)NCc1ccccc1. The fourth-order valence-corrected chi connectivity index (χ4v) is 1.91. The van der Waals surface area contributed by atoms with Gasteiger partial charge in [-0.05, 0) is 5.56 Å². The van der Waals surface area contributed by atoms with Gasteiger partial charge in [0.1, 0.15) is 0 Å². The second-order valence-corrected chi connectivity index (χ2v) is 4.14. The number of carbonyl (C=O) groups excluding carboxylic acids is 1. The molecule has 82 valence electrons. The first-order valence-corrected chi connectivity index (χ1v) is 5.96. The Morgan fingerprint density at radius 1 is 1.31 bits per heavy atom. The van der Waals surface area contributed by atoms with Crippen LogP contribution in [0.15, 0.2) is 41.2 Å². The number of benzene rings is 1. The Morgan fingerprint density at radius 3 is 2.81 bits per heavy atom. The smallest absolute Gasteiger partial charge is 0.226 e. The molecule has 2 rings (SSSR count). The van der Waals surface area contributed by atoms with Crippen LogP contribution in [0.1, 0.15) is 11.3 Å². The highest BCUT2D eigenvalue weighted by molar-refractivity contribution is 7.07. The van der Waals surface area contributed by atoms with Gasteiger partial charge in [0.2, 0.25) is 5.91 Å². The lowest BCUT2D eigenvalue weighted by Crippen LogP contribution is -2.24. The van der Waals surface area contributed by atoms with Gasteiger partial charge in [-0.15, -0.1) is 11.3 Å². The van der Waals surface area contributed by atoms with E-state index in [4.69, 9.17) is 0 Å². The van der Waals surface area contributed by atoms with Crippen LogP contribution >= 0.6 is 11.3 Å². The van der Waals surface area contributed by atoms with E-state index < -0.39 is 0 Å². The van der Waals surface area contributed by atoms with E-state index in [1.807, 2.05) is 35.7 Å². The lowest BCUT2D eigenvalue weighted by Gasteiger charge is -2.03. The Hall–Kier alpha value is -1.68. The molecular weight excluding hydrogens is 220 g/mol. The molecule has 4 heteroatoms. The van der Waals surface area contributed by atoms with Crippen LogP contribution in [0.3, 0.4) is 0 Å². The maximum Gasteiger partial charge on any atom is 0.226 e.